The van der Waals surface area contributed by atoms with Crippen molar-refractivity contribution in [2.24, 2.45) is 5.73 Å². The lowest BCUT2D eigenvalue weighted by Crippen LogP contribution is -2.56. The fraction of sp³-hybridized carbons (Fsp3) is 0.917. The Morgan fingerprint density at radius 3 is 2.47 bits per heavy atom. The Hall–Kier alpha value is -0.260. The van der Waals surface area contributed by atoms with E-state index >= 15 is 0 Å². The minimum atomic E-state index is -0.631. The first-order valence-electron chi connectivity index (χ1n) is 6.00. The number of carbonyl (C=O) groups is 1. The average molecular weight is 262 g/mol. The number of hydrogen-bond acceptors (Lipinski definition) is 4. The molecule has 1 amide bonds. The fourth-order valence-electron chi connectivity index (χ4n) is 1.83. The molecular formula is C12H26N2O2S. The third-order valence-corrected chi connectivity index (χ3v) is 3.67. The van der Waals surface area contributed by atoms with Crippen molar-refractivity contribution in [3.63, 3.8) is 0 Å². The molecule has 2 atom stereocenters. The highest BCUT2D eigenvalue weighted by Gasteiger charge is 2.33. The topological polar surface area (TPSA) is 64.3 Å². The van der Waals surface area contributed by atoms with Crippen LogP contribution in [0.25, 0.3) is 0 Å². The number of thioether (sulfide) groups is 1. The lowest BCUT2D eigenvalue weighted by Gasteiger charge is -2.32. The van der Waals surface area contributed by atoms with Crippen molar-refractivity contribution in [2.45, 2.75) is 50.9 Å². The summed E-state index contributed by atoms with van der Waals surface area (Å²) in [6.45, 7) is 8.76. The summed E-state index contributed by atoms with van der Waals surface area (Å²) in [5.74, 6) is 0.652. The molecule has 0 saturated heterocycles. The number of carbonyl (C=O) groups excluding carboxylic acids is 1. The van der Waals surface area contributed by atoms with Crippen LogP contribution in [0, 0.1) is 0 Å². The van der Waals surface area contributed by atoms with Crippen LogP contribution in [0.15, 0.2) is 0 Å². The summed E-state index contributed by atoms with van der Waals surface area (Å²) >= 11 is 1.80. The summed E-state index contributed by atoms with van der Waals surface area (Å²) < 4.78 is 5.01. The number of ether oxygens (including phenoxy) is 1. The van der Waals surface area contributed by atoms with Crippen molar-refractivity contribution in [1.82, 2.24) is 5.32 Å². The molecule has 0 aliphatic rings. The lowest BCUT2D eigenvalue weighted by molar-refractivity contribution is -0.124. The van der Waals surface area contributed by atoms with Crippen molar-refractivity contribution < 1.29 is 9.53 Å². The standard InChI is InChI=1S/C12H26N2O2S/c1-9(2)14-12(4,11(13)15)8-10(3)17-7-6-16-5/h9-10,14H,6-8H2,1-5H3,(H2,13,15). The molecule has 0 spiro atoms. The summed E-state index contributed by atoms with van der Waals surface area (Å²) in [6.07, 6.45) is 0.731. The van der Waals surface area contributed by atoms with Crippen molar-refractivity contribution >= 4 is 17.7 Å². The number of primary amides is 1. The lowest BCUT2D eigenvalue weighted by atomic mass is 9.94. The van der Waals surface area contributed by atoms with Gasteiger partial charge in [0.1, 0.15) is 0 Å². The molecule has 0 aliphatic carbocycles. The van der Waals surface area contributed by atoms with Crippen LogP contribution >= 0.6 is 11.8 Å². The van der Waals surface area contributed by atoms with E-state index in [-0.39, 0.29) is 11.9 Å². The zero-order valence-corrected chi connectivity index (χ0v) is 12.4. The molecule has 4 nitrogen and oxygen atoms in total. The Bertz CT molecular complexity index is 237. The van der Waals surface area contributed by atoms with Crippen LogP contribution < -0.4 is 11.1 Å². The maximum atomic E-state index is 11.5. The van der Waals surface area contributed by atoms with Gasteiger partial charge in [-0.15, -0.1) is 0 Å². The molecule has 5 heteroatoms. The van der Waals surface area contributed by atoms with E-state index in [4.69, 9.17) is 10.5 Å². The predicted octanol–water partition coefficient (Wildman–Crippen LogP) is 1.39. The number of amides is 1. The largest absolute Gasteiger partial charge is 0.384 e. The Balaban J connectivity index is 4.28. The van der Waals surface area contributed by atoms with Crippen LogP contribution in [0.4, 0.5) is 0 Å². The van der Waals surface area contributed by atoms with Gasteiger partial charge in [0.25, 0.3) is 0 Å². The number of methoxy groups -OCH3 is 1. The van der Waals surface area contributed by atoms with Gasteiger partial charge in [0.05, 0.1) is 12.1 Å². The maximum Gasteiger partial charge on any atom is 0.237 e. The van der Waals surface area contributed by atoms with Crippen LogP contribution in [0.5, 0.6) is 0 Å². The molecule has 0 radical (unpaired) electrons. The Morgan fingerprint density at radius 2 is 2.06 bits per heavy atom. The van der Waals surface area contributed by atoms with Crippen LogP contribution in [0.1, 0.15) is 34.1 Å². The average Bonchev–Trinajstić information content (AvgIpc) is 2.16. The van der Waals surface area contributed by atoms with Crippen LogP contribution in [-0.2, 0) is 9.53 Å². The number of nitrogens with one attached hydrogen (secondary N) is 1. The first-order valence-corrected chi connectivity index (χ1v) is 7.05. The summed E-state index contributed by atoms with van der Waals surface area (Å²) in [4.78, 5) is 11.5. The van der Waals surface area contributed by atoms with E-state index in [1.54, 1.807) is 18.9 Å². The van der Waals surface area contributed by atoms with E-state index in [2.05, 4.69) is 12.2 Å². The van der Waals surface area contributed by atoms with Crippen molar-refractivity contribution in [1.29, 1.82) is 0 Å². The van der Waals surface area contributed by atoms with Crippen LogP contribution in [0.2, 0.25) is 0 Å². The second kappa shape index (κ2) is 7.95. The summed E-state index contributed by atoms with van der Waals surface area (Å²) in [5, 5.41) is 3.63. The molecule has 0 aromatic carbocycles. The molecule has 0 aliphatic heterocycles. The molecule has 102 valence electrons. The highest BCUT2D eigenvalue weighted by molar-refractivity contribution is 7.99. The first-order chi connectivity index (χ1) is 7.81. The zero-order valence-electron chi connectivity index (χ0n) is 11.6. The molecule has 0 fully saturated rings. The SMILES string of the molecule is COCCSC(C)CC(C)(NC(C)C)C(N)=O. The second-order valence-electron chi connectivity index (χ2n) is 4.87. The quantitative estimate of drug-likeness (QED) is 0.616. The smallest absolute Gasteiger partial charge is 0.237 e. The summed E-state index contributed by atoms with van der Waals surface area (Å²) in [5.41, 5.74) is 4.86. The van der Waals surface area contributed by atoms with Crippen LogP contribution in [-0.4, -0.2) is 42.2 Å². The van der Waals surface area contributed by atoms with Gasteiger partial charge in [0.2, 0.25) is 5.91 Å². The number of nitrogens with two attached hydrogens (primary N) is 1. The Labute approximate surface area is 109 Å². The summed E-state index contributed by atoms with van der Waals surface area (Å²) in [6, 6.07) is 0.240. The zero-order chi connectivity index (χ0) is 13.5. The molecule has 0 aromatic rings. The van der Waals surface area contributed by atoms with Gasteiger partial charge in [0, 0.05) is 24.2 Å². The Morgan fingerprint density at radius 1 is 1.47 bits per heavy atom. The van der Waals surface area contributed by atoms with Gasteiger partial charge < -0.3 is 15.8 Å². The monoisotopic (exact) mass is 262 g/mol. The molecule has 0 rings (SSSR count). The van der Waals surface area contributed by atoms with Gasteiger partial charge in [0.15, 0.2) is 0 Å². The molecule has 0 aromatic heterocycles. The van der Waals surface area contributed by atoms with Gasteiger partial charge >= 0.3 is 0 Å². The van der Waals surface area contributed by atoms with Crippen molar-refractivity contribution in [2.75, 3.05) is 19.5 Å². The van der Waals surface area contributed by atoms with Crippen LogP contribution in [0.3, 0.4) is 0 Å². The normalized spacial score (nSPS) is 16.8. The Kier molecular flexibility index (Phi) is 7.83. The van der Waals surface area contributed by atoms with E-state index in [1.165, 1.54) is 0 Å². The fourth-order valence-corrected chi connectivity index (χ4v) is 2.95. The number of hydrogen-bond donors (Lipinski definition) is 2. The predicted molar refractivity (Wildman–Crippen MR) is 74.3 cm³/mol. The van der Waals surface area contributed by atoms with Gasteiger partial charge in [-0.25, -0.2) is 0 Å². The minimum Gasteiger partial charge on any atom is -0.384 e. The summed E-state index contributed by atoms with van der Waals surface area (Å²) in [7, 11) is 1.69. The molecule has 0 bridgehead atoms. The van der Waals surface area contributed by atoms with E-state index in [0.29, 0.717) is 5.25 Å². The highest BCUT2D eigenvalue weighted by atomic mass is 32.2. The molecule has 0 heterocycles. The van der Waals surface area contributed by atoms with E-state index < -0.39 is 5.54 Å². The molecule has 2 unspecified atom stereocenters. The van der Waals surface area contributed by atoms with Gasteiger partial charge in [-0.05, 0) is 27.2 Å². The van der Waals surface area contributed by atoms with Crippen molar-refractivity contribution in [3.8, 4) is 0 Å². The van der Waals surface area contributed by atoms with Crippen molar-refractivity contribution in [3.05, 3.63) is 0 Å². The van der Waals surface area contributed by atoms with E-state index in [1.807, 2.05) is 20.8 Å². The second-order valence-corrected chi connectivity index (χ2v) is 6.42. The van der Waals surface area contributed by atoms with Gasteiger partial charge in [-0.3, -0.25) is 4.79 Å². The highest BCUT2D eigenvalue weighted by Crippen LogP contribution is 2.22. The number of rotatable bonds is 9. The third-order valence-electron chi connectivity index (χ3n) is 2.54. The van der Waals surface area contributed by atoms with E-state index in [9.17, 15) is 4.79 Å². The molecular weight excluding hydrogens is 236 g/mol. The molecule has 17 heavy (non-hydrogen) atoms. The molecule has 0 saturated carbocycles. The first kappa shape index (κ1) is 16.7. The third kappa shape index (κ3) is 6.91. The van der Waals surface area contributed by atoms with Gasteiger partial charge in [-0.1, -0.05) is 6.92 Å². The van der Waals surface area contributed by atoms with E-state index in [0.717, 1.165) is 18.8 Å². The minimum absolute atomic E-state index is 0.240. The molecule has 3 N–H and O–H groups in total. The van der Waals surface area contributed by atoms with Gasteiger partial charge in [-0.2, -0.15) is 11.8 Å². The maximum absolute atomic E-state index is 11.5.